The number of anilines is 2. The van der Waals surface area contributed by atoms with Gasteiger partial charge < -0.3 is 19.9 Å². The predicted molar refractivity (Wildman–Crippen MR) is 118 cm³/mol. The molecule has 2 atom stereocenters. The molecule has 0 bridgehead atoms. The van der Waals surface area contributed by atoms with Gasteiger partial charge in [0, 0.05) is 50.3 Å². The van der Waals surface area contributed by atoms with Crippen LogP contribution in [0.15, 0.2) is 36.8 Å². The maximum Gasteiger partial charge on any atom is 0.225 e. The number of fused-ring (bicyclic) bond motifs is 3. The van der Waals surface area contributed by atoms with Gasteiger partial charge in [0.05, 0.1) is 25.3 Å². The van der Waals surface area contributed by atoms with E-state index in [1.165, 1.54) is 11.3 Å². The summed E-state index contributed by atoms with van der Waals surface area (Å²) in [6.45, 7) is 7.50. The van der Waals surface area contributed by atoms with E-state index in [9.17, 15) is 4.79 Å². The Balaban J connectivity index is 1.60. The van der Waals surface area contributed by atoms with Crippen LogP contribution in [-0.2, 0) is 11.2 Å². The summed E-state index contributed by atoms with van der Waals surface area (Å²) in [6, 6.07) is 6.28. The largest absolute Gasteiger partial charge is 0.497 e. The van der Waals surface area contributed by atoms with Crippen molar-refractivity contribution < 1.29 is 9.53 Å². The van der Waals surface area contributed by atoms with Crippen LogP contribution in [0.25, 0.3) is 0 Å². The maximum atomic E-state index is 13.2. The van der Waals surface area contributed by atoms with Gasteiger partial charge in [-0.3, -0.25) is 9.78 Å². The van der Waals surface area contributed by atoms with Gasteiger partial charge in [0.2, 0.25) is 5.91 Å². The van der Waals surface area contributed by atoms with Crippen molar-refractivity contribution in [3.63, 3.8) is 0 Å². The number of rotatable bonds is 6. The second kappa shape index (κ2) is 8.90. The molecule has 1 aromatic carbocycles. The molecule has 2 aliphatic rings. The molecular formula is C23H31N5O2. The molecule has 0 aliphatic carbocycles. The minimum atomic E-state index is -0.0995. The minimum absolute atomic E-state index is 0.0828. The molecule has 3 heterocycles. The van der Waals surface area contributed by atoms with E-state index >= 15 is 0 Å². The van der Waals surface area contributed by atoms with Crippen LogP contribution in [0.4, 0.5) is 11.5 Å². The van der Waals surface area contributed by atoms with Gasteiger partial charge in [-0.05, 0) is 30.4 Å². The Kier molecular flexibility index (Phi) is 6.06. The lowest BCUT2D eigenvalue weighted by Gasteiger charge is -2.49. The zero-order chi connectivity index (χ0) is 21.1. The maximum absolute atomic E-state index is 13.2. The normalized spacial score (nSPS) is 20.5. The van der Waals surface area contributed by atoms with Crippen LogP contribution in [0, 0.1) is 11.8 Å². The number of carbonyl (C=O) groups is 1. The van der Waals surface area contributed by atoms with Gasteiger partial charge >= 0.3 is 0 Å². The highest BCUT2D eigenvalue weighted by Gasteiger charge is 2.41. The summed E-state index contributed by atoms with van der Waals surface area (Å²) in [4.78, 5) is 26.5. The van der Waals surface area contributed by atoms with Crippen molar-refractivity contribution in [3.8, 4) is 5.75 Å². The molecule has 0 radical (unpaired) electrons. The predicted octanol–water partition coefficient (Wildman–Crippen LogP) is 2.52. The zero-order valence-corrected chi connectivity index (χ0v) is 18.0. The van der Waals surface area contributed by atoms with Crippen molar-refractivity contribution in [1.82, 2.24) is 15.3 Å². The number of hydrogen-bond donors (Lipinski definition) is 1. The average Bonchev–Trinajstić information content (AvgIpc) is 2.78. The first kappa shape index (κ1) is 20.4. The highest BCUT2D eigenvalue weighted by atomic mass is 16.5. The molecule has 0 spiro atoms. The second-order valence-corrected chi connectivity index (χ2v) is 8.55. The molecule has 0 saturated carbocycles. The minimum Gasteiger partial charge on any atom is -0.497 e. The third-order valence-electron chi connectivity index (χ3n) is 6.16. The number of hydrogen-bond acceptors (Lipinski definition) is 6. The third kappa shape index (κ3) is 4.20. The fourth-order valence-corrected chi connectivity index (χ4v) is 4.48. The van der Waals surface area contributed by atoms with E-state index in [0.717, 1.165) is 50.6 Å². The molecule has 1 aromatic heterocycles. The van der Waals surface area contributed by atoms with Gasteiger partial charge in [-0.25, -0.2) is 4.98 Å². The van der Waals surface area contributed by atoms with E-state index < -0.39 is 0 Å². The number of methoxy groups -OCH3 is 1. The number of piperazine rings is 1. The smallest absolute Gasteiger partial charge is 0.225 e. The first-order valence-corrected chi connectivity index (χ1v) is 10.8. The van der Waals surface area contributed by atoms with Gasteiger partial charge in [0.15, 0.2) is 0 Å². The summed E-state index contributed by atoms with van der Waals surface area (Å²) in [5.74, 6) is 2.34. The molecule has 1 N–H and O–H groups in total. The number of aromatic nitrogens is 2. The SMILES string of the molecule is COc1ccc2c(c1)N1CCN(c3cnccn3)C[C@@H]1[C@H](C(=O)NCCC(C)C)C2. The van der Waals surface area contributed by atoms with E-state index in [4.69, 9.17) is 4.74 Å². The summed E-state index contributed by atoms with van der Waals surface area (Å²) in [7, 11) is 1.69. The highest BCUT2D eigenvalue weighted by Crippen LogP contribution is 2.38. The van der Waals surface area contributed by atoms with Crippen molar-refractivity contribution in [3.05, 3.63) is 42.4 Å². The molecule has 2 aliphatic heterocycles. The van der Waals surface area contributed by atoms with Crippen molar-refractivity contribution in [2.45, 2.75) is 32.7 Å². The van der Waals surface area contributed by atoms with E-state index in [1.54, 1.807) is 25.7 Å². The number of nitrogens with one attached hydrogen (secondary N) is 1. The summed E-state index contributed by atoms with van der Waals surface area (Å²) < 4.78 is 5.47. The molecule has 1 amide bonds. The van der Waals surface area contributed by atoms with E-state index in [-0.39, 0.29) is 17.9 Å². The zero-order valence-electron chi connectivity index (χ0n) is 18.0. The highest BCUT2D eigenvalue weighted by molar-refractivity contribution is 5.82. The summed E-state index contributed by atoms with van der Waals surface area (Å²) in [5.41, 5.74) is 2.40. The Labute approximate surface area is 178 Å². The van der Waals surface area contributed by atoms with Gasteiger partial charge in [-0.2, -0.15) is 0 Å². The topological polar surface area (TPSA) is 70.6 Å². The number of carbonyl (C=O) groups excluding carboxylic acids is 1. The summed E-state index contributed by atoms with van der Waals surface area (Å²) >= 11 is 0. The molecule has 0 unspecified atom stereocenters. The van der Waals surface area contributed by atoms with E-state index in [1.807, 2.05) is 6.07 Å². The van der Waals surface area contributed by atoms with Crippen molar-refractivity contribution in [2.24, 2.45) is 11.8 Å². The molecule has 30 heavy (non-hydrogen) atoms. The lowest BCUT2D eigenvalue weighted by Crippen LogP contribution is -2.61. The van der Waals surface area contributed by atoms with Gasteiger partial charge in [0.1, 0.15) is 11.6 Å². The van der Waals surface area contributed by atoms with Crippen LogP contribution in [0.1, 0.15) is 25.8 Å². The van der Waals surface area contributed by atoms with Crippen molar-refractivity contribution in [1.29, 1.82) is 0 Å². The summed E-state index contributed by atoms with van der Waals surface area (Å²) in [5, 5.41) is 3.19. The van der Waals surface area contributed by atoms with Crippen LogP contribution < -0.4 is 19.9 Å². The second-order valence-electron chi connectivity index (χ2n) is 8.55. The standard InChI is InChI=1S/C23H31N5O2/c1-16(2)6-7-26-23(29)19-12-17-4-5-18(30-3)13-20(17)28-11-10-27(15-21(19)28)22-14-24-8-9-25-22/h4-5,8-9,13-14,16,19,21H,6-7,10-12,15H2,1-3H3,(H,26,29)/t19-,21-/m1/s1. The van der Waals surface area contributed by atoms with Crippen LogP contribution in [0.2, 0.25) is 0 Å². The lowest BCUT2D eigenvalue weighted by molar-refractivity contribution is -0.125. The number of nitrogens with zero attached hydrogens (tertiary/aromatic N) is 4. The van der Waals surface area contributed by atoms with Gasteiger partial charge in [0.25, 0.3) is 0 Å². The number of amides is 1. The molecule has 4 rings (SSSR count). The van der Waals surface area contributed by atoms with Gasteiger partial charge in [-0.15, -0.1) is 0 Å². The Morgan fingerprint density at radius 1 is 1.30 bits per heavy atom. The molecule has 160 valence electrons. The quantitative estimate of drug-likeness (QED) is 0.791. The van der Waals surface area contributed by atoms with Crippen LogP contribution in [-0.4, -0.2) is 55.2 Å². The average molecular weight is 410 g/mol. The Hall–Kier alpha value is -2.83. The van der Waals surface area contributed by atoms with Crippen LogP contribution in [0.3, 0.4) is 0 Å². The molecule has 1 saturated heterocycles. The van der Waals surface area contributed by atoms with Gasteiger partial charge in [-0.1, -0.05) is 19.9 Å². The number of benzene rings is 1. The van der Waals surface area contributed by atoms with Crippen LogP contribution >= 0.6 is 0 Å². The Bertz CT molecular complexity index is 873. The molecule has 7 heteroatoms. The molecule has 1 fully saturated rings. The van der Waals surface area contributed by atoms with E-state index in [0.29, 0.717) is 5.92 Å². The molecular weight excluding hydrogens is 378 g/mol. The fourth-order valence-electron chi connectivity index (χ4n) is 4.48. The Morgan fingerprint density at radius 3 is 2.90 bits per heavy atom. The molecule has 7 nitrogen and oxygen atoms in total. The lowest BCUT2D eigenvalue weighted by atomic mass is 9.83. The Morgan fingerprint density at radius 2 is 2.17 bits per heavy atom. The fraction of sp³-hybridized carbons (Fsp3) is 0.522. The summed E-state index contributed by atoms with van der Waals surface area (Å²) in [6.07, 6.45) is 6.94. The number of ether oxygens (including phenoxy) is 1. The van der Waals surface area contributed by atoms with Crippen molar-refractivity contribution >= 4 is 17.4 Å². The monoisotopic (exact) mass is 409 g/mol. The molecule has 2 aromatic rings. The first-order valence-electron chi connectivity index (χ1n) is 10.8. The first-order chi connectivity index (χ1) is 14.6. The van der Waals surface area contributed by atoms with Crippen LogP contribution in [0.5, 0.6) is 5.75 Å². The third-order valence-corrected chi connectivity index (χ3v) is 6.16. The van der Waals surface area contributed by atoms with E-state index in [2.05, 4.69) is 51.1 Å². The van der Waals surface area contributed by atoms with Crippen molar-refractivity contribution in [2.75, 3.05) is 43.1 Å².